The van der Waals surface area contributed by atoms with Gasteiger partial charge in [0.25, 0.3) is 0 Å². The fourth-order valence-electron chi connectivity index (χ4n) is 2.58. The molecule has 0 spiro atoms. The van der Waals surface area contributed by atoms with E-state index in [0.29, 0.717) is 13.0 Å². The standard InChI is InChI=1S/C20H26N2O/c1-4-20(23)22(19-13-9-6-10-14-19)15-17(2)21(3)16-18-11-7-5-8-12-18/h5-14,17H,4,15-16H2,1-3H3/t17-/m0/s1. The molecule has 0 aliphatic carbocycles. The Hall–Kier alpha value is -2.13. The monoisotopic (exact) mass is 310 g/mol. The predicted molar refractivity (Wildman–Crippen MR) is 96.5 cm³/mol. The van der Waals surface area contributed by atoms with Crippen molar-refractivity contribution < 1.29 is 4.79 Å². The van der Waals surface area contributed by atoms with Crippen LogP contribution in [0.15, 0.2) is 60.7 Å². The number of rotatable bonds is 7. The highest BCUT2D eigenvalue weighted by molar-refractivity contribution is 5.93. The number of carbonyl (C=O) groups excluding carboxylic acids is 1. The first-order chi connectivity index (χ1) is 11.1. The summed E-state index contributed by atoms with van der Waals surface area (Å²) in [6.45, 7) is 5.66. The third kappa shape index (κ3) is 4.93. The minimum absolute atomic E-state index is 0.163. The lowest BCUT2D eigenvalue weighted by Gasteiger charge is -2.31. The van der Waals surface area contributed by atoms with Crippen molar-refractivity contribution in [2.24, 2.45) is 0 Å². The number of carbonyl (C=O) groups is 1. The van der Waals surface area contributed by atoms with Crippen LogP contribution in [-0.2, 0) is 11.3 Å². The van der Waals surface area contributed by atoms with Gasteiger partial charge in [0.2, 0.25) is 5.91 Å². The molecule has 0 N–H and O–H groups in total. The average Bonchev–Trinajstić information content (AvgIpc) is 2.60. The Kier molecular flexibility index (Phi) is 6.36. The highest BCUT2D eigenvalue weighted by atomic mass is 16.2. The molecule has 0 unspecified atom stereocenters. The van der Waals surface area contributed by atoms with Crippen LogP contribution in [0.4, 0.5) is 5.69 Å². The smallest absolute Gasteiger partial charge is 0.226 e. The van der Waals surface area contributed by atoms with E-state index in [1.807, 2.05) is 48.2 Å². The van der Waals surface area contributed by atoms with Gasteiger partial charge in [0, 0.05) is 31.2 Å². The first-order valence-electron chi connectivity index (χ1n) is 8.21. The van der Waals surface area contributed by atoms with Crippen LogP contribution in [0.5, 0.6) is 0 Å². The normalized spacial score (nSPS) is 12.2. The number of hydrogen-bond donors (Lipinski definition) is 0. The van der Waals surface area contributed by atoms with Crippen molar-refractivity contribution >= 4 is 11.6 Å². The van der Waals surface area contributed by atoms with Gasteiger partial charge < -0.3 is 4.90 Å². The Balaban J connectivity index is 2.05. The molecule has 1 atom stereocenters. The van der Waals surface area contributed by atoms with Crippen LogP contribution < -0.4 is 4.90 Å². The third-order valence-electron chi connectivity index (χ3n) is 4.15. The lowest BCUT2D eigenvalue weighted by molar-refractivity contribution is -0.118. The van der Waals surface area contributed by atoms with Crippen LogP contribution in [0.1, 0.15) is 25.8 Å². The van der Waals surface area contributed by atoms with Gasteiger partial charge >= 0.3 is 0 Å². The Bertz CT molecular complexity index is 598. The molecule has 0 saturated carbocycles. The maximum atomic E-state index is 12.3. The molecule has 0 aromatic heterocycles. The van der Waals surface area contributed by atoms with E-state index in [4.69, 9.17) is 0 Å². The van der Waals surface area contributed by atoms with Crippen LogP contribution in [0.2, 0.25) is 0 Å². The summed E-state index contributed by atoms with van der Waals surface area (Å²) >= 11 is 0. The minimum atomic E-state index is 0.163. The zero-order chi connectivity index (χ0) is 16.7. The van der Waals surface area contributed by atoms with Gasteiger partial charge in [-0.3, -0.25) is 9.69 Å². The minimum Gasteiger partial charge on any atom is -0.311 e. The van der Waals surface area contributed by atoms with Gasteiger partial charge in [-0.25, -0.2) is 0 Å². The van der Waals surface area contributed by atoms with E-state index in [9.17, 15) is 4.79 Å². The van der Waals surface area contributed by atoms with E-state index in [-0.39, 0.29) is 11.9 Å². The molecular formula is C20H26N2O. The largest absolute Gasteiger partial charge is 0.311 e. The van der Waals surface area contributed by atoms with Crippen LogP contribution >= 0.6 is 0 Å². The number of hydrogen-bond acceptors (Lipinski definition) is 2. The first kappa shape index (κ1) is 17.2. The van der Waals surface area contributed by atoms with E-state index in [1.165, 1.54) is 5.56 Å². The van der Waals surface area contributed by atoms with Crippen LogP contribution in [0, 0.1) is 0 Å². The van der Waals surface area contributed by atoms with Gasteiger partial charge in [-0.2, -0.15) is 0 Å². The summed E-state index contributed by atoms with van der Waals surface area (Å²) in [5.74, 6) is 0.163. The van der Waals surface area contributed by atoms with E-state index < -0.39 is 0 Å². The molecule has 2 aromatic carbocycles. The van der Waals surface area contributed by atoms with Crippen LogP contribution in [0.25, 0.3) is 0 Å². The number of benzene rings is 2. The Morgan fingerprint density at radius 2 is 1.57 bits per heavy atom. The number of nitrogens with zero attached hydrogens (tertiary/aromatic N) is 2. The quantitative estimate of drug-likeness (QED) is 0.773. The predicted octanol–water partition coefficient (Wildman–Crippen LogP) is 3.95. The number of likely N-dealkylation sites (N-methyl/N-ethyl adjacent to an activating group) is 1. The van der Waals surface area contributed by atoms with E-state index in [2.05, 4.69) is 43.1 Å². The maximum absolute atomic E-state index is 12.3. The summed E-state index contributed by atoms with van der Waals surface area (Å²) in [7, 11) is 2.11. The SMILES string of the molecule is CCC(=O)N(C[C@H](C)N(C)Cc1ccccc1)c1ccccc1. The molecule has 3 heteroatoms. The van der Waals surface area contributed by atoms with Crippen molar-refractivity contribution in [1.82, 2.24) is 4.90 Å². The molecule has 0 fully saturated rings. The third-order valence-corrected chi connectivity index (χ3v) is 4.15. The molecular weight excluding hydrogens is 284 g/mol. The first-order valence-corrected chi connectivity index (χ1v) is 8.21. The summed E-state index contributed by atoms with van der Waals surface area (Å²) < 4.78 is 0. The second-order valence-electron chi connectivity index (χ2n) is 5.94. The van der Waals surface area contributed by atoms with Gasteiger partial charge in [0.05, 0.1) is 0 Å². The van der Waals surface area contributed by atoms with Gasteiger partial charge in [0.1, 0.15) is 0 Å². The fraction of sp³-hybridized carbons (Fsp3) is 0.350. The highest BCUT2D eigenvalue weighted by Crippen LogP contribution is 2.17. The molecule has 2 rings (SSSR count). The summed E-state index contributed by atoms with van der Waals surface area (Å²) in [4.78, 5) is 16.5. The molecule has 0 aliphatic heterocycles. The lowest BCUT2D eigenvalue weighted by atomic mass is 10.1. The molecule has 23 heavy (non-hydrogen) atoms. The van der Waals surface area contributed by atoms with Crippen molar-refractivity contribution in [2.75, 3.05) is 18.5 Å². The van der Waals surface area contributed by atoms with E-state index in [0.717, 1.165) is 12.2 Å². The summed E-state index contributed by atoms with van der Waals surface area (Å²) in [5.41, 5.74) is 2.26. The number of para-hydroxylation sites is 1. The zero-order valence-electron chi connectivity index (χ0n) is 14.3. The molecule has 0 bridgehead atoms. The molecule has 3 nitrogen and oxygen atoms in total. The van der Waals surface area contributed by atoms with Gasteiger partial charge in [-0.05, 0) is 31.7 Å². The van der Waals surface area contributed by atoms with Crippen molar-refractivity contribution in [2.45, 2.75) is 32.9 Å². The molecule has 0 heterocycles. The molecule has 0 radical (unpaired) electrons. The molecule has 122 valence electrons. The van der Waals surface area contributed by atoms with Gasteiger partial charge in [0.15, 0.2) is 0 Å². The van der Waals surface area contributed by atoms with E-state index >= 15 is 0 Å². The van der Waals surface area contributed by atoms with Crippen molar-refractivity contribution in [3.8, 4) is 0 Å². The Morgan fingerprint density at radius 3 is 2.13 bits per heavy atom. The average molecular weight is 310 g/mol. The van der Waals surface area contributed by atoms with Crippen LogP contribution in [0.3, 0.4) is 0 Å². The van der Waals surface area contributed by atoms with Crippen LogP contribution in [-0.4, -0.2) is 30.4 Å². The Morgan fingerprint density at radius 1 is 1.00 bits per heavy atom. The molecule has 2 aromatic rings. The van der Waals surface area contributed by atoms with Gasteiger partial charge in [-0.1, -0.05) is 55.5 Å². The second-order valence-corrected chi connectivity index (χ2v) is 5.94. The van der Waals surface area contributed by atoms with Crippen molar-refractivity contribution in [3.63, 3.8) is 0 Å². The summed E-state index contributed by atoms with van der Waals surface area (Å²) in [6, 6.07) is 20.6. The fourth-order valence-corrected chi connectivity index (χ4v) is 2.58. The second kappa shape index (κ2) is 8.49. The topological polar surface area (TPSA) is 23.6 Å². The highest BCUT2D eigenvalue weighted by Gasteiger charge is 2.19. The summed E-state index contributed by atoms with van der Waals surface area (Å²) in [5, 5.41) is 0. The number of anilines is 1. The van der Waals surface area contributed by atoms with Gasteiger partial charge in [-0.15, -0.1) is 0 Å². The zero-order valence-corrected chi connectivity index (χ0v) is 14.3. The molecule has 0 saturated heterocycles. The van der Waals surface area contributed by atoms with Crippen molar-refractivity contribution in [1.29, 1.82) is 0 Å². The summed E-state index contributed by atoms with van der Waals surface area (Å²) in [6.07, 6.45) is 0.518. The molecule has 1 amide bonds. The Labute approximate surface area is 139 Å². The lowest BCUT2D eigenvalue weighted by Crippen LogP contribution is -2.42. The van der Waals surface area contributed by atoms with E-state index in [1.54, 1.807) is 0 Å². The molecule has 0 aliphatic rings. The van der Waals surface area contributed by atoms with Crippen molar-refractivity contribution in [3.05, 3.63) is 66.2 Å². The number of amides is 1. The maximum Gasteiger partial charge on any atom is 0.226 e.